The number of ether oxygens (including phenoxy) is 1. The molecule has 0 unspecified atom stereocenters. The van der Waals surface area contributed by atoms with Crippen molar-refractivity contribution in [2.24, 2.45) is 5.10 Å². The maximum absolute atomic E-state index is 12.0. The van der Waals surface area contributed by atoms with Crippen molar-refractivity contribution in [3.63, 3.8) is 0 Å². The first-order chi connectivity index (χ1) is 11.8. The Hall–Kier alpha value is -3.14. The summed E-state index contributed by atoms with van der Waals surface area (Å²) in [4.78, 5) is 12.0. The van der Waals surface area contributed by atoms with Gasteiger partial charge in [-0.3, -0.25) is 4.79 Å². The zero-order valence-electron chi connectivity index (χ0n) is 13.4. The molecule has 0 aliphatic heterocycles. The standard InChI is InChI=1S/C20H18N2O2/c1-24-18-11-9-15(10-12-18)13-20(23)22-21-14-17-7-4-6-16-5-2-3-8-19(16)17/h2-12,14H,13H2,1H3,(H,22,23)/b21-14+. The number of benzene rings is 3. The van der Waals surface area contributed by atoms with Gasteiger partial charge >= 0.3 is 0 Å². The fourth-order valence-electron chi connectivity index (χ4n) is 2.51. The minimum atomic E-state index is -0.156. The topological polar surface area (TPSA) is 50.7 Å². The summed E-state index contributed by atoms with van der Waals surface area (Å²) in [5, 5.41) is 6.32. The van der Waals surface area contributed by atoms with E-state index in [1.807, 2.05) is 54.6 Å². The number of nitrogens with one attached hydrogen (secondary N) is 1. The summed E-state index contributed by atoms with van der Waals surface area (Å²) in [6.07, 6.45) is 1.95. The van der Waals surface area contributed by atoms with Crippen LogP contribution < -0.4 is 10.2 Å². The van der Waals surface area contributed by atoms with Crippen LogP contribution in [0.25, 0.3) is 10.8 Å². The Labute approximate surface area is 140 Å². The first-order valence-corrected chi connectivity index (χ1v) is 7.69. The minimum Gasteiger partial charge on any atom is -0.497 e. The van der Waals surface area contributed by atoms with Gasteiger partial charge in [0.2, 0.25) is 5.91 Å². The van der Waals surface area contributed by atoms with E-state index >= 15 is 0 Å². The zero-order chi connectivity index (χ0) is 16.8. The number of rotatable bonds is 5. The number of amides is 1. The normalized spacial score (nSPS) is 10.9. The molecule has 0 aliphatic rings. The molecule has 1 N–H and O–H groups in total. The van der Waals surface area contributed by atoms with Crippen molar-refractivity contribution < 1.29 is 9.53 Å². The lowest BCUT2D eigenvalue weighted by atomic mass is 10.1. The lowest BCUT2D eigenvalue weighted by Gasteiger charge is -2.03. The first kappa shape index (κ1) is 15.7. The van der Waals surface area contributed by atoms with Crippen LogP contribution in [0.1, 0.15) is 11.1 Å². The Morgan fingerprint density at radius 3 is 2.58 bits per heavy atom. The van der Waals surface area contributed by atoms with Crippen molar-refractivity contribution in [2.75, 3.05) is 7.11 Å². The van der Waals surface area contributed by atoms with Crippen LogP contribution >= 0.6 is 0 Å². The van der Waals surface area contributed by atoms with Gasteiger partial charge in [0.25, 0.3) is 0 Å². The average molecular weight is 318 g/mol. The predicted molar refractivity (Wildman–Crippen MR) is 96.4 cm³/mol. The number of carbonyl (C=O) groups is 1. The van der Waals surface area contributed by atoms with E-state index in [1.54, 1.807) is 13.3 Å². The maximum atomic E-state index is 12.0. The fraction of sp³-hybridized carbons (Fsp3) is 0.100. The van der Waals surface area contributed by atoms with Gasteiger partial charge in [0, 0.05) is 5.56 Å². The second-order valence-electron chi connectivity index (χ2n) is 5.39. The van der Waals surface area contributed by atoms with Gasteiger partial charge in [-0.05, 0) is 28.5 Å². The number of methoxy groups -OCH3 is 1. The Morgan fingerprint density at radius 1 is 1.04 bits per heavy atom. The van der Waals surface area contributed by atoms with E-state index in [4.69, 9.17) is 4.74 Å². The van der Waals surface area contributed by atoms with Crippen LogP contribution in [0.2, 0.25) is 0 Å². The second-order valence-corrected chi connectivity index (χ2v) is 5.39. The van der Waals surface area contributed by atoms with Crippen LogP contribution in [0.4, 0.5) is 0 Å². The number of nitrogens with zero attached hydrogens (tertiary/aromatic N) is 1. The molecule has 3 aromatic carbocycles. The molecule has 4 nitrogen and oxygen atoms in total. The molecule has 0 heterocycles. The van der Waals surface area contributed by atoms with Gasteiger partial charge in [-0.15, -0.1) is 0 Å². The number of hydrazone groups is 1. The quantitative estimate of drug-likeness (QED) is 0.578. The monoisotopic (exact) mass is 318 g/mol. The summed E-state index contributed by atoms with van der Waals surface area (Å²) in [5.41, 5.74) is 4.45. The predicted octanol–water partition coefficient (Wildman–Crippen LogP) is 3.54. The fourth-order valence-corrected chi connectivity index (χ4v) is 2.51. The molecule has 0 saturated heterocycles. The van der Waals surface area contributed by atoms with Crippen LogP contribution in [0.3, 0.4) is 0 Å². The molecule has 24 heavy (non-hydrogen) atoms. The van der Waals surface area contributed by atoms with Crippen molar-refractivity contribution in [1.82, 2.24) is 5.43 Å². The molecule has 0 saturated carbocycles. The SMILES string of the molecule is COc1ccc(CC(=O)N/N=C/c2cccc3ccccc23)cc1. The van der Waals surface area contributed by atoms with Crippen molar-refractivity contribution in [3.05, 3.63) is 77.9 Å². The third-order valence-corrected chi connectivity index (χ3v) is 3.74. The molecule has 120 valence electrons. The molecule has 0 aliphatic carbocycles. The Kier molecular flexibility index (Phi) is 4.87. The molecule has 0 aromatic heterocycles. The molecular weight excluding hydrogens is 300 g/mol. The summed E-state index contributed by atoms with van der Waals surface area (Å²) < 4.78 is 5.10. The van der Waals surface area contributed by atoms with Crippen LogP contribution in [0.15, 0.2) is 71.8 Å². The number of hydrogen-bond donors (Lipinski definition) is 1. The largest absolute Gasteiger partial charge is 0.497 e. The van der Waals surface area contributed by atoms with E-state index in [0.717, 1.165) is 27.6 Å². The average Bonchev–Trinajstić information content (AvgIpc) is 2.62. The molecule has 0 fully saturated rings. The summed E-state index contributed by atoms with van der Waals surface area (Å²) >= 11 is 0. The van der Waals surface area contributed by atoms with E-state index in [9.17, 15) is 4.79 Å². The lowest BCUT2D eigenvalue weighted by Crippen LogP contribution is -2.19. The number of hydrogen-bond acceptors (Lipinski definition) is 3. The highest BCUT2D eigenvalue weighted by Gasteiger charge is 2.03. The Morgan fingerprint density at radius 2 is 1.79 bits per heavy atom. The van der Waals surface area contributed by atoms with E-state index in [-0.39, 0.29) is 12.3 Å². The van der Waals surface area contributed by atoms with Gasteiger partial charge < -0.3 is 4.74 Å². The van der Waals surface area contributed by atoms with Gasteiger partial charge in [0.15, 0.2) is 0 Å². The van der Waals surface area contributed by atoms with E-state index in [1.165, 1.54) is 0 Å². The van der Waals surface area contributed by atoms with Crippen LogP contribution in [0.5, 0.6) is 5.75 Å². The summed E-state index contributed by atoms with van der Waals surface area (Å²) in [6.45, 7) is 0. The smallest absolute Gasteiger partial charge is 0.244 e. The second kappa shape index (κ2) is 7.42. The highest BCUT2D eigenvalue weighted by atomic mass is 16.5. The zero-order valence-corrected chi connectivity index (χ0v) is 13.4. The number of carbonyl (C=O) groups excluding carboxylic acids is 1. The van der Waals surface area contributed by atoms with Gasteiger partial charge in [0.05, 0.1) is 19.7 Å². The lowest BCUT2D eigenvalue weighted by molar-refractivity contribution is -0.120. The summed E-state index contributed by atoms with van der Waals surface area (Å²) in [5.74, 6) is 0.616. The van der Waals surface area contributed by atoms with Gasteiger partial charge in [-0.25, -0.2) is 5.43 Å². The minimum absolute atomic E-state index is 0.156. The molecule has 3 rings (SSSR count). The molecule has 0 atom stereocenters. The summed E-state index contributed by atoms with van der Waals surface area (Å²) in [6, 6.07) is 21.5. The molecule has 4 heteroatoms. The van der Waals surface area contributed by atoms with Crippen molar-refractivity contribution in [1.29, 1.82) is 0 Å². The molecule has 0 spiro atoms. The third kappa shape index (κ3) is 3.79. The van der Waals surface area contributed by atoms with Gasteiger partial charge in [-0.1, -0.05) is 54.6 Å². The highest BCUT2D eigenvalue weighted by Crippen LogP contribution is 2.16. The van der Waals surface area contributed by atoms with Crippen LogP contribution in [0, 0.1) is 0 Å². The highest BCUT2D eigenvalue weighted by molar-refractivity contribution is 5.99. The number of fused-ring (bicyclic) bond motifs is 1. The van der Waals surface area contributed by atoms with Crippen molar-refractivity contribution in [2.45, 2.75) is 6.42 Å². The van der Waals surface area contributed by atoms with Gasteiger partial charge in [0.1, 0.15) is 5.75 Å². The van der Waals surface area contributed by atoms with Crippen LogP contribution in [-0.4, -0.2) is 19.2 Å². The third-order valence-electron chi connectivity index (χ3n) is 3.74. The molecule has 3 aromatic rings. The van der Waals surface area contributed by atoms with E-state index in [2.05, 4.69) is 22.7 Å². The van der Waals surface area contributed by atoms with E-state index in [0.29, 0.717) is 0 Å². The van der Waals surface area contributed by atoms with E-state index < -0.39 is 0 Å². The first-order valence-electron chi connectivity index (χ1n) is 7.69. The van der Waals surface area contributed by atoms with Crippen molar-refractivity contribution >= 4 is 22.9 Å². The molecular formula is C20H18N2O2. The molecule has 0 bridgehead atoms. The van der Waals surface area contributed by atoms with Crippen molar-refractivity contribution in [3.8, 4) is 5.75 Å². The Bertz CT molecular complexity index is 865. The maximum Gasteiger partial charge on any atom is 0.244 e. The molecule has 0 radical (unpaired) electrons. The molecule has 1 amide bonds. The summed E-state index contributed by atoms with van der Waals surface area (Å²) in [7, 11) is 1.61. The van der Waals surface area contributed by atoms with Crippen LogP contribution in [-0.2, 0) is 11.2 Å². The van der Waals surface area contributed by atoms with Gasteiger partial charge in [-0.2, -0.15) is 5.10 Å². The Balaban J connectivity index is 1.63.